The molecule has 1 N–H and O–H groups in total. The maximum absolute atomic E-state index is 13.4. The van der Waals surface area contributed by atoms with Crippen molar-refractivity contribution in [2.24, 2.45) is 5.10 Å². The van der Waals surface area contributed by atoms with E-state index in [-0.39, 0.29) is 18.4 Å². The average Bonchev–Trinajstić information content (AvgIpc) is 3.45. The topological polar surface area (TPSA) is 80.2 Å². The molecule has 34 heavy (non-hydrogen) atoms. The third-order valence-corrected chi connectivity index (χ3v) is 6.01. The second-order valence-electron chi connectivity index (χ2n) is 8.02. The first kappa shape index (κ1) is 20.0. The Morgan fingerprint density at radius 2 is 1.71 bits per heavy atom. The first-order valence-corrected chi connectivity index (χ1v) is 10.8. The Hall–Kier alpha value is -4.65. The molecule has 6 rings (SSSR count). The summed E-state index contributed by atoms with van der Waals surface area (Å²) in [4.78, 5) is 27.8. The van der Waals surface area contributed by atoms with Crippen molar-refractivity contribution in [2.75, 3.05) is 11.7 Å². The minimum absolute atomic E-state index is 0.126. The summed E-state index contributed by atoms with van der Waals surface area (Å²) in [5.74, 6) is 0.388. The number of nitrogens with zero attached hydrogens (tertiary/aromatic N) is 2. The van der Waals surface area contributed by atoms with Gasteiger partial charge in [-0.3, -0.25) is 9.59 Å². The Morgan fingerprint density at radius 3 is 2.65 bits per heavy atom. The number of amides is 2. The number of hydrazone groups is 1. The Balaban J connectivity index is 1.30. The Labute approximate surface area is 195 Å². The van der Waals surface area contributed by atoms with Gasteiger partial charge in [-0.05, 0) is 40.6 Å². The third kappa shape index (κ3) is 3.34. The third-order valence-electron chi connectivity index (χ3n) is 6.01. The van der Waals surface area contributed by atoms with Crippen molar-refractivity contribution in [1.29, 1.82) is 0 Å². The summed E-state index contributed by atoms with van der Waals surface area (Å²) in [7, 11) is 0. The van der Waals surface area contributed by atoms with Crippen LogP contribution in [0.15, 0.2) is 90.0 Å². The summed E-state index contributed by atoms with van der Waals surface area (Å²) < 4.78 is 10.6. The SMILES string of the molecule is O=C(N/N=C1\C(=O)N(Cc2cccc3ccccc23)c2ccccc21)c1ccc2c(c1)OCO2. The number of anilines is 1. The number of fused-ring (bicyclic) bond motifs is 3. The van der Waals surface area contributed by atoms with Crippen LogP contribution in [0, 0.1) is 0 Å². The molecule has 0 saturated carbocycles. The molecule has 0 fully saturated rings. The van der Waals surface area contributed by atoms with Crippen molar-refractivity contribution in [3.05, 3.63) is 102 Å². The van der Waals surface area contributed by atoms with E-state index in [2.05, 4.69) is 28.7 Å². The molecule has 0 unspecified atom stereocenters. The molecule has 0 atom stereocenters. The predicted molar refractivity (Wildman–Crippen MR) is 128 cm³/mol. The van der Waals surface area contributed by atoms with Crippen LogP contribution in [0.2, 0.25) is 0 Å². The molecule has 2 aliphatic heterocycles. The van der Waals surface area contributed by atoms with Gasteiger partial charge in [-0.2, -0.15) is 5.10 Å². The normalized spacial score (nSPS) is 15.1. The molecule has 2 amide bonds. The summed E-state index contributed by atoms with van der Waals surface area (Å²) >= 11 is 0. The van der Waals surface area contributed by atoms with Crippen molar-refractivity contribution in [3.8, 4) is 11.5 Å². The molecular formula is C27H19N3O4. The number of nitrogens with one attached hydrogen (secondary N) is 1. The van der Waals surface area contributed by atoms with Gasteiger partial charge < -0.3 is 14.4 Å². The molecule has 4 aromatic carbocycles. The molecular weight excluding hydrogens is 430 g/mol. The van der Waals surface area contributed by atoms with Crippen LogP contribution in [0.4, 0.5) is 5.69 Å². The molecule has 7 nitrogen and oxygen atoms in total. The molecule has 2 aliphatic rings. The van der Waals surface area contributed by atoms with Crippen LogP contribution in [0.1, 0.15) is 21.5 Å². The van der Waals surface area contributed by atoms with Crippen molar-refractivity contribution < 1.29 is 19.1 Å². The highest BCUT2D eigenvalue weighted by Gasteiger charge is 2.34. The van der Waals surface area contributed by atoms with E-state index >= 15 is 0 Å². The number of hydrogen-bond acceptors (Lipinski definition) is 5. The second kappa shape index (κ2) is 8.04. The highest BCUT2D eigenvalue weighted by atomic mass is 16.7. The van der Waals surface area contributed by atoms with E-state index < -0.39 is 5.91 Å². The van der Waals surface area contributed by atoms with Crippen LogP contribution < -0.4 is 19.8 Å². The second-order valence-corrected chi connectivity index (χ2v) is 8.02. The predicted octanol–water partition coefficient (Wildman–Crippen LogP) is 4.25. The van der Waals surface area contributed by atoms with Gasteiger partial charge in [0.2, 0.25) is 6.79 Å². The maximum Gasteiger partial charge on any atom is 0.279 e. The standard InChI is InChI=1S/C27H19N3O4/c31-26(18-12-13-23-24(14-18)34-16-33-23)29-28-25-21-10-3-4-11-22(21)30(27(25)32)15-19-8-5-7-17-6-1-2-9-20(17)19/h1-14H,15-16H2,(H,29,31)/b28-25-. The number of para-hydroxylation sites is 1. The van der Waals surface area contributed by atoms with Crippen LogP contribution in [-0.4, -0.2) is 24.3 Å². The number of ether oxygens (including phenoxy) is 2. The highest BCUT2D eigenvalue weighted by molar-refractivity contribution is 6.54. The largest absolute Gasteiger partial charge is 0.454 e. The fourth-order valence-corrected chi connectivity index (χ4v) is 4.34. The van der Waals surface area contributed by atoms with Gasteiger partial charge in [0.15, 0.2) is 17.2 Å². The molecule has 0 aliphatic carbocycles. The summed E-state index contributed by atoms with van der Waals surface area (Å²) in [5.41, 5.74) is 5.56. The first-order valence-electron chi connectivity index (χ1n) is 10.8. The van der Waals surface area contributed by atoms with Crippen molar-refractivity contribution in [2.45, 2.75) is 6.54 Å². The summed E-state index contributed by atoms with van der Waals surface area (Å²) in [5, 5.41) is 6.43. The quantitative estimate of drug-likeness (QED) is 0.473. The van der Waals surface area contributed by atoms with Crippen molar-refractivity contribution in [3.63, 3.8) is 0 Å². The molecule has 0 spiro atoms. The smallest absolute Gasteiger partial charge is 0.279 e. The highest BCUT2D eigenvalue weighted by Crippen LogP contribution is 2.33. The lowest BCUT2D eigenvalue weighted by atomic mass is 10.0. The zero-order valence-electron chi connectivity index (χ0n) is 18.0. The van der Waals surface area contributed by atoms with Crippen LogP contribution >= 0.6 is 0 Å². The molecule has 166 valence electrons. The molecule has 2 heterocycles. The van der Waals surface area contributed by atoms with E-state index in [4.69, 9.17) is 9.47 Å². The van der Waals surface area contributed by atoms with Gasteiger partial charge >= 0.3 is 0 Å². The lowest BCUT2D eigenvalue weighted by molar-refractivity contribution is -0.112. The summed E-state index contributed by atoms with van der Waals surface area (Å²) in [6.07, 6.45) is 0. The Kier molecular flexibility index (Phi) is 4.73. The number of benzene rings is 4. The van der Waals surface area contributed by atoms with Crippen LogP contribution in [0.3, 0.4) is 0 Å². The minimum atomic E-state index is -0.441. The van der Waals surface area contributed by atoms with Gasteiger partial charge in [0.1, 0.15) is 0 Å². The zero-order chi connectivity index (χ0) is 23.1. The number of carbonyl (C=O) groups is 2. The van der Waals surface area contributed by atoms with Gasteiger partial charge in [-0.25, -0.2) is 5.43 Å². The number of rotatable bonds is 4. The lowest BCUT2D eigenvalue weighted by Gasteiger charge is -2.18. The molecule has 7 heteroatoms. The van der Waals surface area contributed by atoms with Crippen LogP contribution in [0.25, 0.3) is 10.8 Å². The Bertz CT molecular complexity index is 1490. The Morgan fingerprint density at radius 1 is 0.912 bits per heavy atom. The first-order chi connectivity index (χ1) is 16.7. The molecule has 0 aromatic heterocycles. The lowest BCUT2D eigenvalue weighted by Crippen LogP contribution is -2.31. The number of carbonyl (C=O) groups excluding carboxylic acids is 2. The fourth-order valence-electron chi connectivity index (χ4n) is 4.34. The van der Waals surface area contributed by atoms with E-state index in [9.17, 15) is 9.59 Å². The van der Waals surface area contributed by atoms with Gasteiger partial charge in [-0.15, -0.1) is 0 Å². The summed E-state index contributed by atoms with van der Waals surface area (Å²) in [6, 6.07) is 26.5. The van der Waals surface area contributed by atoms with E-state index in [1.54, 1.807) is 23.1 Å². The van der Waals surface area contributed by atoms with E-state index in [0.29, 0.717) is 29.2 Å². The van der Waals surface area contributed by atoms with Crippen LogP contribution in [-0.2, 0) is 11.3 Å². The van der Waals surface area contributed by atoms with E-state index in [0.717, 1.165) is 22.0 Å². The zero-order valence-corrected chi connectivity index (χ0v) is 18.0. The fraction of sp³-hybridized carbons (Fsp3) is 0.0741. The minimum Gasteiger partial charge on any atom is -0.454 e. The van der Waals surface area contributed by atoms with Crippen molar-refractivity contribution >= 4 is 34.0 Å². The van der Waals surface area contributed by atoms with Gasteiger partial charge in [0.05, 0.1) is 12.2 Å². The summed E-state index contributed by atoms with van der Waals surface area (Å²) in [6.45, 7) is 0.521. The molecule has 0 bridgehead atoms. The number of hydrogen-bond donors (Lipinski definition) is 1. The van der Waals surface area contributed by atoms with Gasteiger partial charge in [0, 0.05) is 11.1 Å². The van der Waals surface area contributed by atoms with Crippen molar-refractivity contribution in [1.82, 2.24) is 5.43 Å². The van der Waals surface area contributed by atoms with Gasteiger partial charge in [-0.1, -0.05) is 60.7 Å². The maximum atomic E-state index is 13.4. The molecule has 0 radical (unpaired) electrons. The molecule has 0 saturated heterocycles. The molecule has 4 aromatic rings. The average molecular weight is 449 g/mol. The van der Waals surface area contributed by atoms with Crippen LogP contribution in [0.5, 0.6) is 11.5 Å². The monoisotopic (exact) mass is 449 g/mol. The van der Waals surface area contributed by atoms with E-state index in [1.807, 2.05) is 48.5 Å². The van der Waals surface area contributed by atoms with Gasteiger partial charge in [0.25, 0.3) is 11.8 Å². The van der Waals surface area contributed by atoms with E-state index in [1.165, 1.54) is 0 Å².